The van der Waals surface area contributed by atoms with Crippen molar-refractivity contribution < 1.29 is 4.74 Å². The van der Waals surface area contributed by atoms with Gasteiger partial charge in [0.25, 0.3) is 5.56 Å². The summed E-state index contributed by atoms with van der Waals surface area (Å²) in [6, 6.07) is 17.3. The van der Waals surface area contributed by atoms with Crippen molar-refractivity contribution in [1.82, 2.24) is 9.97 Å². The quantitative estimate of drug-likeness (QED) is 0.549. The van der Waals surface area contributed by atoms with Crippen molar-refractivity contribution >= 4 is 11.8 Å². The van der Waals surface area contributed by atoms with Crippen molar-refractivity contribution in [3.63, 3.8) is 0 Å². The average Bonchev–Trinajstić information content (AvgIpc) is 2.67. The van der Waals surface area contributed by atoms with E-state index in [9.17, 15) is 10.1 Å². The van der Waals surface area contributed by atoms with Crippen LogP contribution in [0.5, 0.6) is 5.75 Å². The Morgan fingerprint density at radius 2 is 2.04 bits per heavy atom. The Labute approximate surface area is 155 Å². The van der Waals surface area contributed by atoms with E-state index in [1.165, 1.54) is 11.8 Å². The van der Waals surface area contributed by atoms with Gasteiger partial charge in [0.2, 0.25) is 0 Å². The fraction of sp³-hybridized carbons (Fsp3) is 0.150. The molecule has 0 saturated carbocycles. The van der Waals surface area contributed by atoms with E-state index in [-0.39, 0.29) is 5.56 Å². The van der Waals surface area contributed by atoms with Gasteiger partial charge in [-0.3, -0.25) is 4.79 Å². The summed E-state index contributed by atoms with van der Waals surface area (Å²) in [5, 5.41) is 9.80. The van der Waals surface area contributed by atoms with Crippen LogP contribution in [-0.2, 0) is 6.61 Å². The van der Waals surface area contributed by atoms with Crippen molar-refractivity contribution in [3.8, 4) is 23.1 Å². The van der Waals surface area contributed by atoms with Crippen molar-refractivity contribution in [2.24, 2.45) is 0 Å². The number of ether oxygens (including phenoxy) is 1. The van der Waals surface area contributed by atoms with E-state index in [4.69, 9.17) is 4.74 Å². The van der Waals surface area contributed by atoms with Crippen LogP contribution in [0.25, 0.3) is 11.3 Å². The molecule has 2 aromatic carbocycles. The number of nitriles is 1. The zero-order valence-electron chi connectivity index (χ0n) is 14.4. The number of aromatic amines is 1. The van der Waals surface area contributed by atoms with Crippen LogP contribution in [0.4, 0.5) is 0 Å². The van der Waals surface area contributed by atoms with Crippen molar-refractivity contribution in [2.45, 2.75) is 18.7 Å². The molecular weight excluding hydrogens is 346 g/mol. The van der Waals surface area contributed by atoms with Crippen molar-refractivity contribution in [3.05, 3.63) is 75.6 Å². The fourth-order valence-corrected chi connectivity index (χ4v) is 2.91. The molecule has 130 valence electrons. The zero-order chi connectivity index (χ0) is 18.5. The van der Waals surface area contributed by atoms with Crippen LogP contribution < -0.4 is 10.3 Å². The third-order valence-corrected chi connectivity index (χ3v) is 4.55. The first-order valence-corrected chi connectivity index (χ1v) is 9.21. The molecule has 26 heavy (non-hydrogen) atoms. The first-order chi connectivity index (χ1) is 12.6. The summed E-state index contributed by atoms with van der Waals surface area (Å²) in [6.45, 7) is 2.48. The van der Waals surface area contributed by atoms with E-state index < -0.39 is 5.56 Å². The Hall–Kier alpha value is -3.04. The normalized spacial score (nSPS) is 10.3. The standard InChI is InChI=1S/C20H17N3O2S/c1-13-6-3-4-7-15(13)12-25-16-9-5-8-14(10-16)18-17(11-21)19(24)23-20(22-18)26-2/h3-10H,12H2,1-2H3,(H,22,23,24). The summed E-state index contributed by atoms with van der Waals surface area (Å²) in [7, 11) is 0. The number of rotatable bonds is 5. The lowest BCUT2D eigenvalue weighted by molar-refractivity contribution is 0.305. The van der Waals surface area contributed by atoms with Crippen LogP contribution in [0.2, 0.25) is 0 Å². The maximum absolute atomic E-state index is 12.1. The number of nitrogens with one attached hydrogen (secondary N) is 1. The monoisotopic (exact) mass is 363 g/mol. The Bertz CT molecular complexity index is 1040. The molecule has 0 bridgehead atoms. The van der Waals surface area contributed by atoms with Gasteiger partial charge < -0.3 is 9.72 Å². The van der Waals surface area contributed by atoms with E-state index >= 15 is 0 Å². The maximum atomic E-state index is 12.1. The predicted octanol–water partition coefficient (Wildman–Crippen LogP) is 3.92. The van der Waals surface area contributed by atoms with Crippen molar-refractivity contribution in [1.29, 1.82) is 5.26 Å². The van der Waals surface area contributed by atoms with Gasteiger partial charge >= 0.3 is 0 Å². The van der Waals surface area contributed by atoms with E-state index in [0.717, 1.165) is 11.1 Å². The third-order valence-electron chi connectivity index (χ3n) is 3.97. The van der Waals surface area contributed by atoms with Gasteiger partial charge in [-0.2, -0.15) is 5.26 Å². The lowest BCUT2D eigenvalue weighted by Crippen LogP contribution is -2.14. The molecule has 0 radical (unpaired) electrons. The molecule has 1 heterocycles. The highest BCUT2D eigenvalue weighted by atomic mass is 32.2. The van der Waals surface area contributed by atoms with E-state index in [1.54, 1.807) is 6.07 Å². The molecule has 0 atom stereocenters. The molecule has 0 spiro atoms. The van der Waals surface area contributed by atoms with Crippen molar-refractivity contribution in [2.75, 3.05) is 6.26 Å². The topological polar surface area (TPSA) is 78.8 Å². The smallest absolute Gasteiger partial charge is 0.270 e. The number of aryl methyl sites for hydroxylation is 1. The van der Waals surface area contributed by atoms with Gasteiger partial charge in [-0.15, -0.1) is 0 Å². The molecule has 0 saturated heterocycles. The van der Waals surface area contributed by atoms with Crippen LogP contribution in [0.1, 0.15) is 16.7 Å². The first kappa shape index (κ1) is 17.8. The summed E-state index contributed by atoms with van der Waals surface area (Å²) in [6.07, 6.45) is 1.82. The fourth-order valence-electron chi connectivity index (χ4n) is 2.53. The Morgan fingerprint density at radius 3 is 2.77 bits per heavy atom. The highest BCUT2D eigenvalue weighted by Gasteiger charge is 2.13. The molecule has 5 nitrogen and oxygen atoms in total. The molecule has 0 aliphatic carbocycles. The summed E-state index contributed by atoms with van der Waals surface area (Å²) in [5.74, 6) is 0.655. The van der Waals surface area contributed by atoms with Crippen LogP contribution in [0.3, 0.4) is 0 Å². The zero-order valence-corrected chi connectivity index (χ0v) is 15.3. The SMILES string of the molecule is CSc1nc(-c2cccc(OCc3ccccc3C)c2)c(C#N)c(=O)[nH]1. The summed E-state index contributed by atoms with van der Waals surface area (Å²) in [5.41, 5.74) is 2.87. The first-order valence-electron chi connectivity index (χ1n) is 7.98. The van der Waals surface area contributed by atoms with Crippen LogP contribution >= 0.6 is 11.8 Å². The second-order valence-electron chi connectivity index (χ2n) is 5.65. The van der Waals surface area contributed by atoms with Gasteiger partial charge in [0.15, 0.2) is 5.16 Å². The number of thioether (sulfide) groups is 1. The second-order valence-corrected chi connectivity index (χ2v) is 6.45. The van der Waals surface area contributed by atoms with Crippen LogP contribution in [0, 0.1) is 18.3 Å². The molecule has 0 amide bonds. The molecule has 6 heteroatoms. The van der Waals surface area contributed by atoms with E-state index in [2.05, 4.69) is 9.97 Å². The number of benzene rings is 2. The minimum atomic E-state index is -0.437. The van der Waals surface area contributed by atoms with Crippen LogP contribution in [0.15, 0.2) is 58.5 Å². The third kappa shape index (κ3) is 3.79. The molecular formula is C20H17N3O2S. The predicted molar refractivity (Wildman–Crippen MR) is 102 cm³/mol. The molecule has 0 unspecified atom stereocenters. The Balaban J connectivity index is 1.93. The van der Waals surface area contributed by atoms with Gasteiger partial charge in [-0.1, -0.05) is 48.2 Å². The molecule has 0 aliphatic rings. The second kappa shape index (κ2) is 7.89. The number of nitrogens with zero attached hydrogens (tertiary/aromatic N) is 2. The highest BCUT2D eigenvalue weighted by molar-refractivity contribution is 7.98. The number of hydrogen-bond donors (Lipinski definition) is 1. The summed E-state index contributed by atoms with van der Waals surface area (Å²) < 4.78 is 5.89. The highest BCUT2D eigenvalue weighted by Crippen LogP contribution is 2.25. The number of hydrogen-bond acceptors (Lipinski definition) is 5. The van der Waals surface area contributed by atoms with E-state index in [0.29, 0.717) is 28.8 Å². The minimum absolute atomic E-state index is 0.00106. The van der Waals surface area contributed by atoms with Gasteiger partial charge in [-0.05, 0) is 36.4 Å². The lowest BCUT2D eigenvalue weighted by atomic mass is 10.1. The Morgan fingerprint density at radius 1 is 1.23 bits per heavy atom. The number of H-pyrrole nitrogens is 1. The van der Waals surface area contributed by atoms with Gasteiger partial charge in [0.1, 0.15) is 24.0 Å². The van der Waals surface area contributed by atoms with E-state index in [1.807, 2.05) is 61.7 Å². The Kier molecular flexibility index (Phi) is 5.40. The van der Waals surface area contributed by atoms with Gasteiger partial charge in [-0.25, -0.2) is 4.98 Å². The lowest BCUT2D eigenvalue weighted by Gasteiger charge is -2.10. The molecule has 0 fully saturated rings. The van der Waals surface area contributed by atoms with Gasteiger partial charge in [0.05, 0.1) is 5.69 Å². The largest absolute Gasteiger partial charge is 0.489 e. The minimum Gasteiger partial charge on any atom is -0.489 e. The summed E-state index contributed by atoms with van der Waals surface area (Å²) in [4.78, 5) is 19.1. The maximum Gasteiger partial charge on any atom is 0.270 e. The molecule has 1 aromatic heterocycles. The molecule has 3 aromatic rings. The summed E-state index contributed by atoms with van der Waals surface area (Å²) >= 11 is 1.32. The van der Waals surface area contributed by atoms with Gasteiger partial charge in [0, 0.05) is 5.56 Å². The van der Waals surface area contributed by atoms with Crippen LogP contribution in [-0.4, -0.2) is 16.2 Å². The molecule has 0 aliphatic heterocycles. The molecule has 3 rings (SSSR count). The average molecular weight is 363 g/mol. The molecule has 1 N–H and O–H groups in total. The number of aromatic nitrogens is 2.